The fourth-order valence-electron chi connectivity index (χ4n) is 10.3. The number of piperidine rings is 1. The number of aliphatic hydroxyl groups excluding tert-OH is 1. The van der Waals surface area contributed by atoms with E-state index >= 15 is 0 Å². The Morgan fingerprint density at radius 2 is 1.89 bits per heavy atom. The SMILES string of the molecule is C=C([C@H]1C(O)C[C@H](C)CN1CCOCCOCc1ccccc1)[C@]1(C)CC[C@@H]2C(=C(CC)C1)CC1[C@H]2CC=C2CC(=O)CC[C@@]21C. The standard InChI is InChI=1S/C41H59NO4/c1-6-31-25-40(4,16-15-34-35-13-12-32-23-33(43)14-17-41(32,5)37(35)24-36(31)34)29(3)39-38(44)22-28(2)26-42(39)18-19-45-20-21-46-27-30-10-8-7-9-11-30/h7-12,28,34-35,37-39,44H,3,6,13-27H2,1-2,4-5H3/t28-,34-,35-,37?,38?,39-,40+,41-/m0/s1. The van der Waals surface area contributed by atoms with Crippen LogP contribution in [0.3, 0.4) is 0 Å². The first-order chi connectivity index (χ1) is 22.1. The molecule has 8 atom stereocenters. The highest BCUT2D eigenvalue weighted by Gasteiger charge is 2.54. The minimum Gasteiger partial charge on any atom is -0.391 e. The molecule has 5 heteroatoms. The molecule has 2 unspecified atom stereocenters. The van der Waals surface area contributed by atoms with Crippen molar-refractivity contribution in [2.24, 2.45) is 34.5 Å². The number of ketones is 1. The zero-order valence-electron chi connectivity index (χ0n) is 29.1. The number of aliphatic hydroxyl groups is 1. The lowest BCUT2D eigenvalue weighted by Crippen LogP contribution is -2.54. The number of fused-ring (bicyclic) bond motifs is 5. The van der Waals surface area contributed by atoms with E-state index in [2.05, 4.69) is 50.8 Å². The molecule has 5 aliphatic rings. The van der Waals surface area contributed by atoms with Crippen molar-refractivity contribution in [2.75, 3.05) is 32.9 Å². The van der Waals surface area contributed by atoms with Crippen molar-refractivity contribution in [3.8, 4) is 0 Å². The second kappa shape index (κ2) is 14.2. The quantitative estimate of drug-likeness (QED) is 0.198. The van der Waals surface area contributed by atoms with E-state index in [1.54, 1.807) is 11.1 Å². The maximum absolute atomic E-state index is 12.3. The maximum Gasteiger partial charge on any atom is 0.136 e. The number of rotatable bonds is 11. The molecule has 2 saturated carbocycles. The van der Waals surface area contributed by atoms with Crippen molar-refractivity contribution >= 4 is 5.78 Å². The number of carbonyl (C=O) groups is 1. The zero-order valence-corrected chi connectivity index (χ0v) is 29.1. The molecular formula is C41H59NO4. The second-order valence-electron chi connectivity index (χ2n) is 16.0. The Hall–Kier alpha value is -2.05. The molecule has 1 N–H and O–H groups in total. The summed E-state index contributed by atoms with van der Waals surface area (Å²) in [5, 5.41) is 11.6. The average Bonchev–Trinajstić information content (AvgIpc) is 3.35. The fraction of sp³-hybridized carbons (Fsp3) is 0.683. The number of nitrogens with zero attached hydrogens (tertiary/aromatic N) is 1. The Bertz CT molecular complexity index is 1320. The van der Waals surface area contributed by atoms with Gasteiger partial charge in [-0.15, -0.1) is 0 Å². The predicted octanol–water partition coefficient (Wildman–Crippen LogP) is 8.09. The van der Waals surface area contributed by atoms with E-state index in [0.717, 1.165) is 58.0 Å². The van der Waals surface area contributed by atoms with E-state index in [0.29, 0.717) is 62.3 Å². The van der Waals surface area contributed by atoms with Gasteiger partial charge in [0.05, 0.1) is 38.6 Å². The van der Waals surface area contributed by atoms with Crippen LogP contribution in [0.4, 0.5) is 0 Å². The van der Waals surface area contributed by atoms with Gasteiger partial charge in [-0.3, -0.25) is 9.69 Å². The van der Waals surface area contributed by atoms with Crippen molar-refractivity contribution < 1.29 is 19.4 Å². The van der Waals surface area contributed by atoms with Gasteiger partial charge in [-0.25, -0.2) is 0 Å². The third kappa shape index (κ3) is 6.77. The summed E-state index contributed by atoms with van der Waals surface area (Å²) in [5.41, 5.74) is 7.42. The first-order valence-corrected chi connectivity index (χ1v) is 18.4. The molecule has 1 aromatic rings. The van der Waals surface area contributed by atoms with Crippen LogP contribution in [0.2, 0.25) is 0 Å². The summed E-state index contributed by atoms with van der Waals surface area (Å²) in [5.74, 6) is 2.90. The van der Waals surface area contributed by atoms with Crippen LogP contribution in [0.25, 0.3) is 0 Å². The number of carbonyl (C=O) groups excluding carboxylic acids is 1. The molecule has 1 aromatic carbocycles. The molecule has 46 heavy (non-hydrogen) atoms. The molecule has 0 radical (unpaired) electrons. The van der Waals surface area contributed by atoms with Gasteiger partial charge < -0.3 is 14.6 Å². The summed E-state index contributed by atoms with van der Waals surface area (Å²) in [6.07, 6.45) is 12.2. The largest absolute Gasteiger partial charge is 0.391 e. The first-order valence-electron chi connectivity index (χ1n) is 18.4. The third-order valence-corrected chi connectivity index (χ3v) is 13.0. The summed E-state index contributed by atoms with van der Waals surface area (Å²) >= 11 is 0. The summed E-state index contributed by atoms with van der Waals surface area (Å²) in [6.45, 7) is 18.5. The maximum atomic E-state index is 12.3. The minimum absolute atomic E-state index is 0.0354. The van der Waals surface area contributed by atoms with Gasteiger partial charge in [0, 0.05) is 25.9 Å². The number of hydrogen-bond donors (Lipinski definition) is 1. The van der Waals surface area contributed by atoms with E-state index in [9.17, 15) is 9.90 Å². The highest BCUT2D eigenvalue weighted by molar-refractivity contribution is 5.82. The van der Waals surface area contributed by atoms with E-state index in [-0.39, 0.29) is 16.9 Å². The molecule has 3 fully saturated rings. The molecule has 0 bridgehead atoms. The number of likely N-dealkylation sites (tertiary alicyclic amines) is 1. The van der Waals surface area contributed by atoms with Gasteiger partial charge in [0.15, 0.2) is 0 Å². The summed E-state index contributed by atoms with van der Waals surface area (Å²) < 4.78 is 11.9. The molecule has 4 aliphatic carbocycles. The van der Waals surface area contributed by atoms with Crippen LogP contribution in [0.15, 0.2) is 65.3 Å². The lowest BCUT2D eigenvalue weighted by molar-refractivity contribution is -0.121. The number of ether oxygens (including phenoxy) is 2. The molecule has 0 aromatic heterocycles. The topological polar surface area (TPSA) is 59.0 Å². The second-order valence-corrected chi connectivity index (χ2v) is 16.0. The third-order valence-electron chi connectivity index (χ3n) is 13.0. The van der Waals surface area contributed by atoms with E-state index in [4.69, 9.17) is 16.1 Å². The highest BCUT2D eigenvalue weighted by Crippen LogP contribution is 2.63. The predicted molar refractivity (Wildman–Crippen MR) is 185 cm³/mol. The van der Waals surface area contributed by atoms with E-state index < -0.39 is 6.10 Å². The van der Waals surface area contributed by atoms with Crippen LogP contribution in [-0.4, -0.2) is 60.8 Å². The molecule has 1 saturated heterocycles. The molecule has 1 aliphatic heterocycles. The molecule has 0 spiro atoms. The van der Waals surface area contributed by atoms with Crippen LogP contribution in [0, 0.1) is 34.5 Å². The van der Waals surface area contributed by atoms with E-state index in [1.165, 1.54) is 29.6 Å². The van der Waals surface area contributed by atoms with Gasteiger partial charge in [-0.2, -0.15) is 0 Å². The fourth-order valence-corrected chi connectivity index (χ4v) is 10.3. The molecule has 5 nitrogen and oxygen atoms in total. The van der Waals surface area contributed by atoms with Gasteiger partial charge >= 0.3 is 0 Å². The molecule has 1 heterocycles. The Balaban J connectivity index is 1.10. The number of benzene rings is 1. The Kier molecular flexibility index (Phi) is 10.4. The van der Waals surface area contributed by atoms with Gasteiger partial charge in [-0.05, 0) is 91.4 Å². The number of Topliss-reactive ketones (excluding diaryl/α,β-unsaturated/α-hetero) is 1. The van der Waals surface area contributed by atoms with E-state index in [1.807, 2.05) is 18.2 Å². The number of hydrogen-bond acceptors (Lipinski definition) is 5. The Morgan fingerprint density at radius 3 is 2.67 bits per heavy atom. The summed E-state index contributed by atoms with van der Waals surface area (Å²) in [7, 11) is 0. The molecule has 0 amide bonds. The van der Waals surface area contributed by atoms with Gasteiger partial charge in [0.1, 0.15) is 5.78 Å². The molecular weight excluding hydrogens is 570 g/mol. The van der Waals surface area contributed by atoms with Crippen LogP contribution in [-0.2, 0) is 20.9 Å². The van der Waals surface area contributed by atoms with Crippen molar-refractivity contribution in [1.82, 2.24) is 4.90 Å². The summed E-state index contributed by atoms with van der Waals surface area (Å²) in [6, 6.07) is 10.2. The van der Waals surface area contributed by atoms with Crippen LogP contribution >= 0.6 is 0 Å². The molecule has 6 rings (SSSR count). The zero-order chi connectivity index (χ0) is 32.5. The number of allylic oxidation sites excluding steroid dienone is 4. The van der Waals surface area contributed by atoms with Crippen molar-refractivity contribution in [1.29, 1.82) is 0 Å². The van der Waals surface area contributed by atoms with Gasteiger partial charge in [0.25, 0.3) is 0 Å². The van der Waals surface area contributed by atoms with Crippen LogP contribution in [0.5, 0.6) is 0 Å². The van der Waals surface area contributed by atoms with Crippen molar-refractivity contribution in [3.05, 3.63) is 70.8 Å². The minimum atomic E-state index is -0.400. The van der Waals surface area contributed by atoms with Gasteiger partial charge in [-0.1, -0.05) is 93.0 Å². The summed E-state index contributed by atoms with van der Waals surface area (Å²) in [4.78, 5) is 14.8. The molecule has 252 valence electrons. The monoisotopic (exact) mass is 629 g/mol. The Morgan fingerprint density at radius 1 is 1.11 bits per heavy atom. The van der Waals surface area contributed by atoms with Crippen LogP contribution in [0.1, 0.15) is 97.5 Å². The highest BCUT2D eigenvalue weighted by atomic mass is 16.5. The van der Waals surface area contributed by atoms with Crippen molar-refractivity contribution in [2.45, 2.75) is 111 Å². The lowest BCUT2D eigenvalue weighted by Gasteiger charge is -2.48. The first kappa shape index (κ1) is 33.8. The van der Waals surface area contributed by atoms with Crippen molar-refractivity contribution in [3.63, 3.8) is 0 Å². The smallest absolute Gasteiger partial charge is 0.136 e. The Labute approximate surface area is 278 Å². The normalized spacial score (nSPS) is 36.5. The van der Waals surface area contributed by atoms with Crippen LogP contribution < -0.4 is 0 Å². The average molecular weight is 630 g/mol. The lowest BCUT2D eigenvalue weighted by atomic mass is 9.57. The van der Waals surface area contributed by atoms with Gasteiger partial charge in [0.2, 0.25) is 0 Å².